The summed E-state index contributed by atoms with van der Waals surface area (Å²) in [4.78, 5) is 2.54. The van der Waals surface area contributed by atoms with Crippen molar-refractivity contribution in [2.75, 3.05) is 32.0 Å². The van der Waals surface area contributed by atoms with E-state index in [2.05, 4.69) is 11.8 Å². The van der Waals surface area contributed by atoms with Gasteiger partial charge in [0.05, 0.1) is 12.3 Å². The van der Waals surface area contributed by atoms with Gasteiger partial charge < -0.3 is 15.4 Å². The second-order valence-electron chi connectivity index (χ2n) is 5.43. The Morgan fingerprint density at radius 2 is 2.11 bits per heavy atom. The standard InChI is InChI=1S/C16H26N2O/c1-2-18(13-14-7-5-8-14)11-6-12-19-16-10-4-3-9-15(16)17/h3-4,9-10,14H,2,5-8,11-13,17H2,1H3. The monoisotopic (exact) mass is 262 g/mol. The summed E-state index contributed by atoms with van der Waals surface area (Å²) in [7, 11) is 0. The van der Waals surface area contributed by atoms with Crippen LogP contribution in [0.3, 0.4) is 0 Å². The number of anilines is 1. The Hall–Kier alpha value is -1.22. The van der Waals surface area contributed by atoms with Crippen LogP contribution in [0.2, 0.25) is 0 Å². The molecule has 1 fully saturated rings. The fraction of sp³-hybridized carbons (Fsp3) is 0.625. The second kappa shape index (κ2) is 7.39. The number of rotatable bonds is 8. The number of para-hydroxylation sites is 2. The average Bonchev–Trinajstić information content (AvgIpc) is 2.38. The topological polar surface area (TPSA) is 38.5 Å². The Kier molecular flexibility index (Phi) is 5.52. The van der Waals surface area contributed by atoms with E-state index in [4.69, 9.17) is 10.5 Å². The van der Waals surface area contributed by atoms with Crippen LogP contribution in [0.1, 0.15) is 32.6 Å². The van der Waals surface area contributed by atoms with Crippen LogP contribution in [0.4, 0.5) is 5.69 Å². The zero-order valence-electron chi connectivity index (χ0n) is 12.0. The van der Waals surface area contributed by atoms with Crippen molar-refractivity contribution in [2.45, 2.75) is 32.6 Å². The van der Waals surface area contributed by atoms with E-state index in [1.165, 1.54) is 25.8 Å². The summed E-state index contributed by atoms with van der Waals surface area (Å²) in [6.07, 6.45) is 5.34. The van der Waals surface area contributed by atoms with Crippen LogP contribution in [0, 0.1) is 5.92 Å². The predicted octanol–water partition coefficient (Wildman–Crippen LogP) is 3.16. The van der Waals surface area contributed by atoms with Crippen LogP contribution < -0.4 is 10.5 Å². The average molecular weight is 262 g/mol. The van der Waals surface area contributed by atoms with E-state index in [-0.39, 0.29) is 0 Å². The molecule has 0 bridgehead atoms. The van der Waals surface area contributed by atoms with E-state index < -0.39 is 0 Å². The van der Waals surface area contributed by atoms with Crippen LogP contribution in [-0.4, -0.2) is 31.1 Å². The minimum Gasteiger partial charge on any atom is -0.491 e. The molecule has 0 spiro atoms. The number of ether oxygens (including phenoxy) is 1. The van der Waals surface area contributed by atoms with Gasteiger partial charge in [0.2, 0.25) is 0 Å². The highest BCUT2D eigenvalue weighted by Crippen LogP contribution is 2.27. The zero-order valence-corrected chi connectivity index (χ0v) is 12.0. The minimum absolute atomic E-state index is 0.726. The summed E-state index contributed by atoms with van der Waals surface area (Å²) in [5.74, 6) is 1.76. The second-order valence-corrected chi connectivity index (χ2v) is 5.43. The van der Waals surface area contributed by atoms with Gasteiger partial charge in [0.15, 0.2) is 0 Å². The quantitative estimate of drug-likeness (QED) is 0.578. The summed E-state index contributed by atoms with van der Waals surface area (Å²) in [6.45, 7) is 6.53. The normalized spacial score (nSPS) is 15.5. The third-order valence-electron chi connectivity index (χ3n) is 3.98. The van der Waals surface area contributed by atoms with Crippen LogP contribution in [-0.2, 0) is 0 Å². The van der Waals surface area contributed by atoms with E-state index in [1.807, 2.05) is 24.3 Å². The molecule has 2 N–H and O–H groups in total. The van der Waals surface area contributed by atoms with Gasteiger partial charge in [0.1, 0.15) is 5.75 Å². The van der Waals surface area contributed by atoms with Gasteiger partial charge in [-0.1, -0.05) is 25.5 Å². The maximum Gasteiger partial charge on any atom is 0.142 e. The van der Waals surface area contributed by atoms with Crippen molar-refractivity contribution in [3.8, 4) is 5.75 Å². The molecule has 1 aromatic carbocycles. The highest BCUT2D eigenvalue weighted by molar-refractivity contribution is 5.51. The molecule has 0 saturated heterocycles. The van der Waals surface area contributed by atoms with E-state index in [9.17, 15) is 0 Å². The SMILES string of the molecule is CCN(CCCOc1ccccc1N)CC1CCC1. The van der Waals surface area contributed by atoms with Crippen LogP contribution >= 0.6 is 0 Å². The minimum atomic E-state index is 0.726. The Balaban J connectivity index is 1.63. The number of nitrogens with zero attached hydrogens (tertiary/aromatic N) is 1. The smallest absolute Gasteiger partial charge is 0.142 e. The maximum atomic E-state index is 5.84. The van der Waals surface area contributed by atoms with Crippen molar-refractivity contribution in [3.05, 3.63) is 24.3 Å². The number of hydrogen-bond donors (Lipinski definition) is 1. The van der Waals surface area contributed by atoms with Crippen molar-refractivity contribution in [1.82, 2.24) is 4.90 Å². The lowest BCUT2D eigenvalue weighted by atomic mass is 9.85. The molecule has 1 aliphatic carbocycles. The first-order valence-corrected chi connectivity index (χ1v) is 7.49. The molecule has 3 heteroatoms. The zero-order chi connectivity index (χ0) is 13.5. The summed E-state index contributed by atoms with van der Waals surface area (Å²) in [6, 6.07) is 7.70. The van der Waals surface area contributed by atoms with E-state index in [0.717, 1.165) is 43.5 Å². The first-order valence-electron chi connectivity index (χ1n) is 7.49. The van der Waals surface area contributed by atoms with Gasteiger partial charge in [-0.2, -0.15) is 0 Å². The Morgan fingerprint density at radius 3 is 2.74 bits per heavy atom. The molecule has 0 unspecified atom stereocenters. The summed E-state index contributed by atoms with van der Waals surface area (Å²) < 4.78 is 5.73. The largest absolute Gasteiger partial charge is 0.491 e. The molecule has 0 aromatic heterocycles. The Bertz CT molecular complexity index is 377. The molecule has 0 aliphatic heterocycles. The third-order valence-corrected chi connectivity index (χ3v) is 3.98. The van der Waals surface area contributed by atoms with Gasteiger partial charge in [0, 0.05) is 13.1 Å². The highest BCUT2D eigenvalue weighted by atomic mass is 16.5. The fourth-order valence-electron chi connectivity index (χ4n) is 2.50. The number of hydrogen-bond acceptors (Lipinski definition) is 3. The molecular formula is C16H26N2O. The maximum absolute atomic E-state index is 5.84. The lowest BCUT2D eigenvalue weighted by Crippen LogP contribution is -2.33. The molecule has 1 aromatic rings. The summed E-state index contributed by atoms with van der Waals surface area (Å²) >= 11 is 0. The Labute approximate surface area is 116 Å². The fourth-order valence-corrected chi connectivity index (χ4v) is 2.50. The van der Waals surface area contributed by atoms with Crippen molar-refractivity contribution in [2.24, 2.45) is 5.92 Å². The van der Waals surface area contributed by atoms with E-state index >= 15 is 0 Å². The van der Waals surface area contributed by atoms with Crippen LogP contribution in [0.15, 0.2) is 24.3 Å². The van der Waals surface area contributed by atoms with Gasteiger partial charge in [-0.15, -0.1) is 0 Å². The highest BCUT2D eigenvalue weighted by Gasteiger charge is 2.19. The van der Waals surface area contributed by atoms with Crippen molar-refractivity contribution in [1.29, 1.82) is 0 Å². The van der Waals surface area contributed by atoms with E-state index in [0.29, 0.717) is 0 Å². The number of benzene rings is 1. The van der Waals surface area contributed by atoms with Crippen LogP contribution in [0.5, 0.6) is 5.75 Å². The predicted molar refractivity (Wildman–Crippen MR) is 80.4 cm³/mol. The number of nitrogen functional groups attached to an aromatic ring is 1. The first kappa shape index (κ1) is 14.2. The Morgan fingerprint density at radius 1 is 1.32 bits per heavy atom. The third kappa shape index (κ3) is 4.43. The van der Waals surface area contributed by atoms with Crippen molar-refractivity contribution in [3.63, 3.8) is 0 Å². The van der Waals surface area contributed by atoms with Crippen molar-refractivity contribution < 1.29 is 4.74 Å². The molecule has 0 heterocycles. The lowest BCUT2D eigenvalue weighted by molar-refractivity contribution is 0.172. The van der Waals surface area contributed by atoms with Gasteiger partial charge >= 0.3 is 0 Å². The van der Waals surface area contributed by atoms with Crippen LogP contribution in [0.25, 0.3) is 0 Å². The molecule has 0 atom stereocenters. The van der Waals surface area contributed by atoms with Crippen molar-refractivity contribution >= 4 is 5.69 Å². The summed E-state index contributed by atoms with van der Waals surface area (Å²) in [5, 5.41) is 0. The molecular weight excluding hydrogens is 236 g/mol. The molecule has 3 nitrogen and oxygen atoms in total. The lowest BCUT2D eigenvalue weighted by Gasteiger charge is -2.31. The molecule has 106 valence electrons. The van der Waals surface area contributed by atoms with Gasteiger partial charge in [-0.3, -0.25) is 0 Å². The first-order chi connectivity index (χ1) is 9.29. The number of nitrogens with two attached hydrogens (primary N) is 1. The molecule has 0 radical (unpaired) electrons. The van der Waals surface area contributed by atoms with E-state index in [1.54, 1.807) is 0 Å². The summed E-state index contributed by atoms with van der Waals surface area (Å²) in [5.41, 5.74) is 6.57. The molecule has 1 aliphatic rings. The molecule has 19 heavy (non-hydrogen) atoms. The van der Waals surface area contributed by atoms with Gasteiger partial charge in [0.25, 0.3) is 0 Å². The molecule has 0 amide bonds. The van der Waals surface area contributed by atoms with Gasteiger partial charge in [-0.25, -0.2) is 0 Å². The van der Waals surface area contributed by atoms with Gasteiger partial charge in [-0.05, 0) is 43.9 Å². The molecule has 2 rings (SSSR count). The molecule has 1 saturated carbocycles.